The molecule has 0 fully saturated rings. The fraction of sp³-hybridized carbons (Fsp3) is 0.357. The van der Waals surface area contributed by atoms with E-state index in [1.54, 1.807) is 6.07 Å². The Morgan fingerprint density at radius 2 is 2.05 bits per heavy atom. The molecule has 1 aromatic rings. The van der Waals surface area contributed by atoms with Gasteiger partial charge in [0, 0.05) is 11.3 Å². The number of anilines is 1. The average molecular weight is 311 g/mol. The van der Waals surface area contributed by atoms with Gasteiger partial charge >= 0.3 is 0 Å². The molecule has 0 radical (unpaired) electrons. The maximum Gasteiger partial charge on any atom is 0.182 e. The predicted molar refractivity (Wildman–Crippen MR) is 84.4 cm³/mol. The standard InChI is InChI=1S/C14H21N3O3S/c1-4-7-21(19,20)13-10(6-3)12(15)9(5-2)8-11(13)14(16)17-18/h4,8,18H,1,5-7,15H2,2-3H3,(H2,16,17). The quantitative estimate of drug-likeness (QED) is 0.183. The highest BCUT2D eigenvalue weighted by Crippen LogP contribution is 2.31. The van der Waals surface area contributed by atoms with Gasteiger partial charge in [0.25, 0.3) is 0 Å². The van der Waals surface area contributed by atoms with Crippen molar-refractivity contribution in [3.8, 4) is 0 Å². The van der Waals surface area contributed by atoms with Crippen LogP contribution in [-0.2, 0) is 22.7 Å². The molecule has 0 aliphatic rings. The first-order valence-corrected chi connectivity index (χ1v) is 8.24. The predicted octanol–water partition coefficient (Wildman–Crippen LogP) is 1.45. The Bertz CT molecular complexity index is 679. The highest BCUT2D eigenvalue weighted by atomic mass is 32.2. The molecule has 1 aromatic carbocycles. The van der Waals surface area contributed by atoms with E-state index < -0.39 is 9.84 Å². The Hall–Kier alpha value is -2.02. The molecule has 0 aliphatic carbocycles. The van der Waals surface area contributed by atoms with Crippen molar-refractivity contribution in [2.75, 3.05) is 11.5 Å². The van der Waals surface area contributed by atoms with Crippen LogP contribution < -0.4 is 11.5 Å². The molecule has 0 bridgehead atoms. The van der Waals surface area contributed by atoms with Crippen LogP contribution in [0.5, 0.6) is 0 Å². The van der Waals surface area contributed by atoms with Crippen LogP contribution in [0, 0.1) is 0 Å². The monoisotopic (exact) mass is 311 g/mol. The van der Waals surface area contributed by atoms with E-state index in [0.717, 1.165) is 5.56 Å². The van der Waals surface area contributed by atoms with Crippen LogP contribution >= 0.6 is 0 Å². The van der Waals surface area contributed by atoms with E-state index in [0.29, 0.717) is 24.1 Å². The van der Waals surface area contributed by atoms with Gasteiger partial charge < -0.3 is 16.7 Å². The number of amidine groups is 1. The number of aryl methyl sites for hydroxylation is 1. The number of hydrogen-bond donors (Lipinski definition) is 3. The Balaban J connectivity index is 3.90. The number of rotatable bonds is 6. The van der Waals surface area contributed by atoms with Gasteiger partial charge in [-0.05, 0) is 30.0 Å². The van der Waals surface area contributed by atoms with E-state index in [9.17, 15) is 8.42 Å². The van der Waals surface area contributed by atoms with Gasteiger partial charge in [-0.25, -0.2) is 8.42 Å². The zero-order valence-corrected chi connectivity index (χ0v) is 13.1. The van der Waals surface area contributed by atoms with Crippen molar-refractivity contribution in [1.29, 1.82) is 0 Å². The van der Waals surface area contributed by atoms with Crippen molar-refractivity contribution in [3.05, 3.63) is 35.4 Å². The van der Waals surface area contributed by atoms with E-state index in [1.807, 2.05) is 13.8 Å². The van der Waals surface area contributed by atoms with Crippen LogP contribution in [0.4, 0.5) is 5.69 Å². The number of nitrogen functional groups attached to an aromatic ring is 1. The first-order valence-electron chi connectivity index (χ1n) is 6.59. The lowest BCUT2D eigenvalue weighted by molar-refractivity contribution is 0.318. The third-order valence-electron chi connectivity index (χ3n) is 3.27. The smallest absolute Gasteiger partial charge is 0.182 e. The van der Waals surface area contributed by atoms with Gasteiger partial charge in [0.05, 0.1) is 10.6 Å². The fourth-order valence-corrected chi connectivity index (χ4v) is 3.88. The van der Waals surface area contributed by atoms with Gasteiger partial charge in [0.2, 0.25) is 0 Å². The molecule has 0 saturated carbocycles. The summed E-state index contributed by atoms with van der Waals surface area (Å²) in [5.41, 5.74) is 13.6. The third kappa shape index (κ3) is 3.18. The second-order valence-corrected chi connectivity index (χ2v) is 6.54. The summed E-state index contributed by atoms with van der Waals surface area (Å²) in [5, 5.41) is 11.9. The number of oxime groups is 1. The molecule has 0 saturated heterocycles. The normalized spacial score (nSPS) is 12.4. The first kappa shape index (κ1) is 17.0. The molecule has 0 heterocycles. The molecule has 21 heavy (non-hydrogen) atoms. The lowest BCUT2D eigenvalue weighted by Crippen LogP contribution is -2.22. The fourth-order valence-electron chi connectivity index (χ4n) is 2.28. The molecular weight excluding hydrogens is 290 g/mol. The number of benzene rings is 1. The minimum atomic E-state index is -3.66. The van der Waals surface area contributed by atoms with Crippen LogP contribution in [0.15, 0.2) is 28.8 Å². The Labute approximate surface area is 125 Å². The van der Waals surface area contributed by atoms with E-state index in [4.69, 9.17) is 16.7 Å². The summed E-state index contributed by atoms with van der Waals surface area (Å²) in [6, 6.07) is 1.57. The number of nitrogens with zero attached hydrogens (tertiary/aromatic N) is 1. The van der Waals surface area contributed by atoms with Crippen LogP contribution in [0.25, 0.3) is 0 Å². The Morgan fingerprint density at radius 1 is 1.43 bits per heavy atom. The van der Waals surface area contributed by atoms with Crippen LogP contribution in [0.3, 0.4) is 0 Å². The summed E-state index contributed by atoms with van der Waals surface area (Å²) in [6.45, 7) is 7.17. The molecule has 116 valence electrons. The number of nitrogens with two attached hydrogens (primary N) is 2. The lowest BCUT2D eigenvalue weighted by Gasteiger charge is -2.18. The molecule has 0 aliphatic heterocycles. The summed E-state index contributed by atoms with van der Waals surface area (Å²) in [4.78, 5) is 0.0231. The van der Waals surface area contributed by atoms with Gasteiger partial charge in [0.15, 0.2) is 15.7 Å². The van der Waals surface area contributed by atoms with E-state index in [2.05, 4.69) is 11.7 Å². The van der Waals surface area contributed by atoms with E-state index in [1.165, 1.54) is 6.08 Å². The number of hydrogen-bond acceptors (Lipinski definition) is 5. The highest BCUT2D eigenvalue weighted by Gasteiger charge is 2.26. The molecular formula is C14H21N3O3S. The molecule has 0 spiro atoms. The number of sulfone groups is 1. The van der Waals surface area contributed by atoms with Gasteiger partial charge in [-0.3, -0.25) is 0 Å². The van der Waals surface area contributed by atoms with Gasteiger partial charge in [0.1, 0.15) is 0 Å². The lowest BCUT2D eigenvalue weighted by atomic mass is 9.99. The minimum absolute atomic E-state index is 0.0231. The average Bonchev–Trinajstić information content (AvgIpc) is 2.45. The summed E-state index contributed by atoms with van der Waals surface area (Å²) < 4.78 is 25.0. The second kappa shape index (κ2) is 6.62. The molecule has 6 nitrogen and oxygen atoms in total. The highest BCUT2D eigenvalue weighted by molar-refractivity contribution is 7.91. The van der Waals surface area contributed by atoms with Gasteiger partial charge in [-0.2, -0.15) is 0 Å². The van der Waals surface area contributed by atoms with Crippen LogP contribution in [-0.4, -0.2) is 25.2 Å². The molecule has 7 heteroatoms. The van der Waals surface area contributed by atoms with E-state index >= 15 is 0 Å². The zero-order valence-electron chi connectivity index (χ0n) is 12.3. The zero-order chi connectivity index (χ0) is 16.2. The largest absolute Gasteiger partial charge is 0.409 e. The van der Waals surface area contributed by atoms with Crippen LogP contribution in [0.1, 0.15) is 30.5 Å². The minimum Gasteiger partial charge on any atom is -0.409 e. The molecule has 0 aromatic heterocycles. The van der Waals surface area contributed by atoms with Gasteiger partial charge in [-0.15, -0.1) is 6.58 Å². The summed E-state index contributed by atoms with van der Waals surface area (Å²) in [5.74, 6) is -0.488. The molecule has 0 amide bonds. The van der Waals surface area contributed by atoms with Crippen molar-refractivity contribution in [3.63, 3.8) is 0 Å². The van der Waals surface area contributed by atoms with Gasteiger partial charge in [-0.1, -0.05) is 25.1 Å². The third-order valence-corrected chi connectivity index (χ3v) is 5.04. The molecule has 1 rings (SSSR count). The SMILES string of the molecule is C=CCS(=O)(=O)c1c(C(N)=NO)cc(CC)c(N)c1CC. The topological polar surface area (TPSA) is 119 Å². The van der Waals surface area contributed by atoms with Crippen molar-refractivity contribution < 1.29 is 13.6 Å². The van der Waals surface area contributed by atoms with Crippen molar-refractivity contribution in [1.82, 2.24) is 0 Å². The molecule has 5 N–H and O–H groups in total. The summed E-state index contributed by atoms with van der Waals surface area (Å²) >= 11 is 0. The second-order valence-electron chi connectivity index (χ2n) is 4.57. The van der Waals surface area contributed by atoms with Crippen molar-refractivity contribution in [2.24, 2.45) is 10.9 Å². The maximum absolute atomic E-state index is 12.5. The van der Waals surface area contributed by atoms with Crippen molar-refractivity contribution >= 4 is 21.4 Å². The first-order chi connectivity index (χ1) is 9.83. The maximum atomic E-state index is 12.5. The molecule has 0 unspecified atom stereocenters. The van der Waals surface area contributed by atoms with E-state index in [-0.39, 0.29) is 22.0 Å². The molecule has 0 atom stereocenters. The summed E-state index contributed by atoms with van der Waals surface area (Å²) in [7, 11) is -3.66. The van der Waals surface area contributed by atoms with Crippen LogP contribution in [0.2, 0.25) is 0 Å². The Kier molecular flexibility index (Phi) is 5.37. The Morgan fingerprint density at radius 3 is 2.48 bits per heavy atom. The van der Waals surface area contributed by atoms with Crippen molar-refractivity contribution in [2.45, 2.75) is 31.6 Å². The summed E-state index contributed by atoms with van der Waals surface area (Å²) in [6.07, 6.45) is 2.35.